The van der Waals surface area contributed by atoms with E-state index in [1.807, 2.05) is 6.92 Å². The molecule has 0 atom stereocenters. The van der Waals surface area contributed by atoms with Gasteiger partial charge in [0.15, 0.2) is 5.52 Å². The molecule has 1 heterocycles. The average Bonchev–Trinajstić information content (AvgIpc) is 2.83. The van der Waals surface area contributed by atoms with Crippen molar-refractivity contribution < 1.29 is 9.55 Å². The van der Waals surface area contributed by atoms with E-state index in [4.69, 9.17) is 0 Å². The summed E-state index contributed by atoms with van der Waals surface area (Å²) in [7, 11) is 0. The molecule has 0 amide bonds. The largest absolute Gasteiger partial charge is 0.370 e. The number of nitrogens with zero attached hydrogens (tertiary/aromatic N) is 4. The molecule has 1 aromatic carbocycles. The number of anilines is 1. The van der Waals surface area contributed by atoms with Crippen molar-refractivity contribution in [3.63, 3.8) is 0 Å². The average molecular weight is 264 g/mol. The molecular formula is C12H16N4O3. The molecule has 2 rings (SSSR count). The van der Waals surface area contributed by atoms with Crippen LogP contribution in [0.15, 0.2) is 16.8 Å². The third-order valence-corrected chi connectivity index (χ3v) is 2.88. The summed E-state index contributed by atoms with van der Waals surface area (Å²) < 4.78 is 4.66. The predicted molar refractivity (Wildman–Crippen MR) is 71.2 cm³/mol. The fraction of sp³-hybridized carbons (Fsp3) is 0.500. The van der Waals surface area contributed by atoms with Gasteiger partial charge in [0.05, 0.1) is 10.6 Å². The Kier molecular flexibility index (Phi) is 3.64. The molecule has 0 aliphatic heterocycles. The Balaban J connectivity index is 2.53. The van der Waals surface area contributed by atoms with Crippen LogP contribution >= 0.6 is 0 Å². The van der Waals surface area contributed by atoms with Crippen LogP contribution in [0.1, 0.15) is 20.8 Å². The van der Waals surface area contributed by atoms with Gasteiger partial charge in [-0.05, 0) is 29.2 Å². The molecule has 102 valence electrons. The number of nitro benzene ring substituents is 1. The molecule has 0 aliphatic carbocycles. The molecule has 0 unspecified atom stereocenters. The van der Waals surface area contributed by atoms with Crippen molar-refractivity contribution in [1.29, 1.82) is 0 Å². The van der Waals surface area contributed by atoms with Gasteiger partial charge in [-0.1, -0.05) is 13.8 Å². The fourth-order valence-corrected chi connectivity index (χ4v) is 2.08. The van der Waals surface area contributed by atoms with Gasteiger partial charge in [-0.2, -0.15) is 0 Å². The molecule has 0 spiro atoms. The van der Waals surface area contributed by atoms with Gasteiger partial charge in [0.1, 0.15) is 0 Å². The van der Waals surface area contributed by atoms with Gasteiger partial charge in [0, 0.05) is 19.2 Å². The Morgan fingerprint density at radius 1 is 1.37 bits per heavy atom. The lowest BCUT2D eigenvalue weighted by atomic mass is 10.1. The summed E-state index contributed by atoms with van der Waals surface area (Å²) in [5.41, 5.74) is 1.38. The number of hydrogen-bond donors (Lipinski definition) is 0. The van der Waals surface area contributed by atoms with Gasteiger partial charge in [0.2, 0.25) is 5.52 Å². The summed E-state index contributed by atoms with van der Waals surface area (Å²) in [6, 6.07) is 3.15. The lowest BCUT2D eigenvalue weighted by molar-refractivity contribution is -0.383. The molecule has 0 aliphatic rings. The zero-order valence-corrected chi connectivity index (χ0v) is 11.2. The van der Waals surface area contributed by atoms with Crippen LogP contribution in [0.2, 0.25) is 0 Å². The molecular weight excluding hydrogens is 248 g/mol. The normalized spacial score (nSPS) is 11.2. The van der Waals surface area contributed by atoms with Crippen molar-refractivity contribution >= 4 is 22.4 Å². The number of benzene rings is 1. The zero-order valence-electron chi connectivity index (χ0n) is 11.2. The van der Waals surface area contributed by atoms with Gasteiger partial charge >= 0.3 is 5.69 Å². The van der Waals surface area contributed by atoms with Crippen LogP contribution < -0.4 is 4.90 Å². The molecule has 0 radical (unpaired) electrons. The second-order valence-electron chi connectivity index (χ2n) is 4.75. The van der Waals surface area contributed by atoms with E-state index in [-0.39, 0.29) is 11.2 Å². The van der Waals surface area contributed by atoms with Gasteiger partial charge in [-0.15, -0.1) is 0 Å². The monoisotopic (exact) mass is 264 g/mol. The Labute approximate surface area is 110 Å². The molecule has 0 saturated heterocycles. The Bertz CT molecular complexity index is 594. The van der Waals surface area contributed by atoms with Crippen LogP contribution in [0.4, 0.5) is 11.4 Å². The second-order valence-corrected chi connectivity index (χ2v) is 4.75. The molecule has 0 N–H and O–H groups in total. The first-order chi connectivity index (χ1) is 9.04. The molecule has 2 aromatic rings. The standard InChI is InChI=1S/C12H16N4O3/c1-4-15(7-8(2)3)9-5-6-10(16(17)18)12-11(9)13-19-14-12/h5-6,8H,4,7H2,1-3H3. The van der Waals surface area contributed by atoms with Gasteiger partial charge in [-0.25, -0.2) is 4.63 Å². The van der Waals surface area contributed by atoms with Crippen LogP contribution in [0.5, 0.6) is 0 Å². The van der Waals surface area contributed by atoms with Crippen LogP contribution in [0.25, 0.3) is 11.0 Å². The first kappa shape index (κ1) is 13.3. The molecule has 1 aromatic heterocycles. The minimum atomic E-state index is -0.477. The van der Waals surface area contributed by atoms with Crippen molar-refractivity contribution in [3.05, 3.63) is 22.2 Å². The smallest absolute Gasteiger partial charge is 0.300 e. The van der Waals surface area contributed by atoms with Crippen LogP contribution in [0.3, 0.4) is 0 Å². The highest BCUT2D eigenvalue weighted by Crippen LogP contribution is 2.31. The topological polar surface area (TPSA) is 85.3 Å². The van der Waals surface area contributed by atoms with Gasteiger partial charge in [-0.3, -0.25) is 10.1 Å². The third-order valence-electron chi connectivity index (χ3n) is 2.88. The maximum Gasteiger partial charge on any atom is 0.300 e. The maximum atomic E-state index is 10.9. The van der Waals surface area contributed by atoms with E-state index >= 15 is 0 Å². The predicted octanol–water partition coefficient (Wildman–Crippen LogP) is 2.61. The first-order valence-electron chi connectivity index (χ1n) is 6.19. The quantitative estimate of drug-likeness (QED) is 0.609. The minimum Gasteiger partial charge on any atom is -0.370 e. The van der Waals surface area contributed by atoms with Crippen molar-refractivity contribution in [3.8, 4) is 0 Å². The van der Waals surface area contributed by atoms with E-state index < -0.39 is 4.92 Å². The third kappa shape index (κ3) is 2.49. The van der Waals surface area contributed by atoms with E-state index in [0.29, 0.717) is 11.4 Å². The van der Waals surface area contributed by atoms with E-state index in [0.717, 1.165) is 18.8 Å². The van der Waals surface area contributed by atoms with Crippen LogP contribution in [-0.2, 0) is 0 Å². The Morgan fingerprint density at radius 2 is 2.05 bits per heavy atom. The summed E-state index contributed by atoms with van der Waals surface area (Å²) in [5.74, 6) is 0.477. The summed E-state index contributed by atoms with van der Waals surface area (Å²) in [6.45, 7) is 7.90. The van der Waals surface area contributed by atoms with Gasteiger partial charge in [0.25, 0.3) is 0 Å². The van der Waals surface area contributed by atoms with Crippen molar-refractivity contribution in [2.75, 3.05) is 18.0 Å². The number of rotatable bonds is 5. The summed E-state index contributed by atoms with van der Waals surface area (Å²) in [4.78, 5) is 12.6. The molecule has 19 heavy (non-hydrogen) atoms. The number of hydrogen-bond acceptors (Lipinski definition) is 6. The summed E-state index contributed by atoms with van der Waals surface area (Å²) >= 11 is 0. The lowest BCUT2D eigenvalue weighted by Crippen LogP contribution is -2.27. The Morgan fingerprint density at radius 3 is 2.63 bits per heavy atom. The molecule has 7 nitrogen and oxygen atoms in total. The Hall–Kier alpha value is -2.18. The zero-order chi connectivity index (χ0) is 14.0. The van der Waals surface area contributed by atoms with E-state index in [1.54, 1.807) is 6.07 Å². The lowest BCUT2D eigenvalue weighted by Gasteiger charge is -2.24. The van der Waals surface area contributed by atoms with Gasteiger partial charge < -0.3 is 4.90 Å². The summed E-state index contributed by atoms with van der Waals surface area (Å²) in [5, 5.41) is 18.4. The number of fused-ring (bicyclic) bond motifs is 1. The number of nitro groups is 1. The fourth-order valence-electron chi connectivity index (χ4n) is 2.08. The molecule has 0 fully saturated rings. The molecule has 0 bridgehead atoms. The summed E-state index contributed by atoms with van der Waals surface area (Å²) in [6.07, 6.45) is 0. The number of non-ortho nitro benzene ring substituents is 1. The maximum absolute atomic E-state index is 10.9. The van der Waals surface area contributed by atoms with Crippen molar-refractivity contribution in [1.82, 2.24) is 10.3 Å². The minimum absolute atomic E-state index is 0.0828. The van der Waals surface area contributed by atoms with Crippen molar-refractivity contribution in [2.24, 2.45) is 5.92 Å². The highest BCUT2D eigenvalue weighted by Gasteiger charge is 2.22. The SMILES string of the molecule is CCN(CC(C)C)c1ccc([N+](=O)[O-])c2nonc12. The van der Waals surface area contributed by atoms with E-state index in [9.17, 15) is 10.1 Å². The van der Waals surface area contributed by atoms with Crippen LogP contribution in [0, 0.1) is 16.0 Å². The second kappa shape index (κ2) is 5.21. The highest BCUT2D eigenvalue weighted by molar-refractivity contribution is 5.93. The first-order valence-corrected chi connectivity index (χ1v) is 6.19. The van der Waals surface area contributed by atoms with Crippen molar-refractivity contribution in [2.45, 2.75) is 20.8 Å². The van der Waals surface area contributed by atoms with Crippen LogP contribution in [-0.4, -0.2) is 28.3 Å². The number of aromatic nitrogens is 2. The van der Waals surface area contributed by atoms with E-state index in [2.05, 4.69) is 33.7 Å². The highest BCUT2D eigenvalue weighted by atomic mass is 16.6. The molecule has 0 saturated carbocycles. The molecule has 7 heteroatoms. The van der Waals surface area contributed by atoms with E-state index in [1.165, 1.54) is 6.07 Å².